The first kappa shape index (κ1) is 17.7. The third-order valence-electron chi connectivity index (χ3n) is 3.33. The SMILES string of the molecule is Nc1c(Cl)cc(NC(=O)Cc2csc(-c3cccc(F)c3)n2)cc1Cl. The standard InChI is InChI=1S/C17H12Cl2FN3OS/c18-13-5-11(6-14(19)16(13)21)22-15(24)7-12-8-25-17(23-12)9-2-1-3-10(20)4-9/h1-6,8H,7,21H2,(H,22,24). The summed E-state index contributed by atoms with van der Waals surface area (Å²) in [4.78, 5) is 16.5. The van der Waals surface area contributed by atoms with Crippen LogP contribution in [0, 0.1) is 5.82 Å². The number of carbonyl (C=O) groups is 1. The summed E-state index contributed by atoms with van der Waals surface area (Å²) in [6.07, 6.45) is 0.0748. The van der Waals surface area contributed by atoms with Crippen molar-refractivity contribution >= 4 is 51.8 Å². The number of nitrogens with one attached hydrogen (secondary N) is 1. The van der Waals surface area contributed by atoms with Gasteiger partial charge in [0.05, 0.1) is 27.8 Å². The minimum absolute atomic E-state index is 0.0748. The predicted molar refractivity (Wildman–Crippen MR) is 101 cm³/mol. The van der Waals surface area contributed by atoms with Crippen molar-refractivity contribution in [2.45, 2.75) is 6.42 Å². The Bertz CT molecular complexity index is 922. The fourth-order valence-corrected chi connectivity index (χ4v) is 3.47. The van der Waals surface area contributed by atoms with Gasteiger partial charge >= 0.3 is 0 Å². The van der Waals surface area contributed by atoms with Crippen LogP contribution < -0.4 is 11.1 Å². The van der Waals surface area contributed by atoms with Crippen molar-refractivity contribution in [3.63, 3.8) is 0 Å². The van der Waals surface area contributed by atoms with Gasteiger partial charge in [0.1, 0.15) is 10.8 Å². The minimum Gasteiger partial charge on any atom is -0.396 e. The number of anilines is 2. The molecule has 0 fully saturated rings. The van der Waals surface area contributed by atoms with Crippen LogP contribution in [-0.2, 0) is 11.2 Å². The van der Waals surface area contributed by atoms with Gasteiger partial charge in [-0.3, -0.25) is 4.79 Å². The summed E-state index contributed by atoms with van der Waals surface area (Å²) in [5.74, 6) is -0.600. The van der Waals surface area contributed by atoms with Gasteiger partial charge in [-0.25, -0.2) is 9.37 Å². The second kappa shape index (κ2) is 7.39. The highest BCUT2D eigenvalue weighted by atomic mass is 35.5. The zero-order valence-corrected chi connectivity index (χ0v) is 15.1. The molecule has 0 atom stereocenters. The zero-order chi connectivity index (χ0) is 18.0. The Kier molecular flexibility index (Phi) is 5.22. The summed E-state index contributed by atoms with van der Waals surface area (Å²) in [5.41, 5.74) is 7.65. The number of hydrogen-bond acceptors (Lipinski definition) is 4. The second-order valence-corrected chi connectivity index (χ2v) is 6.91. The van der Waals surface area contributed by atoms with Gasteiger partial charge in [-0.2, -0.15) is 0 Å². The molecule has 0 bridgehead atoms. The lowest BCUT2D eigenvalue weighted by Crippen LogP contribution is -2.14. The predicted octanol–water partition coefficient (Wildman–Crippen LogP) is 5.02. The van der Waals surface area contributed by atoms with E-state index in [-0.39, 0.29) is 33.9 Å². The molecule has 0 aliphatic heterocycles. The van der Waals surface area contributed by atoms with Crippen LogP contribution >= 0.6 is 34.5 Å². The first-order chi connectivity index (χ1) is 11.9. The molecular formula is C17H12Cl2FN3OS. The first-order valence-electron chi connectivity index (χ1n) is 7.17. The van der Waals surface area contributed by atoms with Crippen LogP contribution in [0.1, 0.15) is 5.69 Å². The normalized spacial score (nSPS) is 10.7. The number of halogens is 3. The van der Waals surface area contributed by atoms with E-state index in [1.165, 1.54) is 35.6 Å². The number of rotatable bonds is 4. The Morgan fingerprint density at radius 1 is 1.24 bits per heavy atom. The molecule has 0 saturated carbocycles. The Labute approximate surface area is 157 Å². The fraction of sp³-hybridized carbons (Fsp3) is 0.0588. The summed E-state index contributed by atoms with van der Waals surface area (Å²) < 4.78 is 13.3. The molecule has 0 spiro atoms. The van der Waals surface area contributed by atoms with E-state index in [2.05, 4.69) is 10.3 Å². The summed E-state index contributed by atoms with van der Waals surface area (Å²) in [7, 11) is 0. The molecule has 0 aliphatic rings. The topological polar surface area (TPSA) is 68.0 Å². The molecule has 4 nitrogen and oxygen atoms in total. The van der Waals surface area contributed by atoms with E-state index in [0.29, 0.717) is 22.0 Å². The number of nitrogens with zero attached hydrogens (tertiary/aromatic N) is 1. The minimum atomic E-state index is -0.330. The van der Waals surface area contributed by atoms with E-state index in [4.69, 9.17) is 28.9 Å². The maximum atomic E-state index is 13.3. The van der Waals surface area contributed by atoms with Crippen molar-refractivity contribution in [3.8, 4) is 10.6 Å². The van der Waals surface area contributed by atoms with E-state index >= 15 is 0 Å². The average molecular weight is 396 g/mol. The Morgan fingerprint density at radius 2 is 1.96 bits per heavy atom. The number of nitrogen functional groups attached to an aromatic ring is 1. The highest BCUT2D eigenvalue weighted by molar-refractivity contribution is 7.13. The molecule has 1 heterocycles. The van der Waals surface area contributed by atoms with Crippen molar-refractivity contribution in [2.75, 3.05) is 11.1 Å². The molecule has 0 radical (unpaired) electrons. The Balaban J connectivity index is 1.70. The molecule has 1 amide bonds. The largest absolute Gasteiger partial charge is 0.396 e. The summed E-state index contributed by atoms with van der Waals surface area (Å²) in [6.45, 7) is 0. The van der Waals surface area contributed by atoms with Crippen LogP contribution in [0.3, 0.4) is 0 Å². The molecule has 0 unspecified atom stereocenters. The van der Waals surface area contributed by atoms with E-state index < -0.39 is 0 Å². The van der Waals surface area contributed by atoms with Gasteiger partial charge in [0.2, 0.25) is 5.91 Å². The van der Waals surface area contributed by atoms with Crippen LogP contribution in [0.15, 0.2) is 41.8 Å². The Morgan fingerprint density at radius 3 is 2.64 bits per heavy atom. The van der Waals surface area contributed by atoms with Gasteiger partial charge in [-0.05, 0) is 24.3 Å². The molecule has 2 aromatic carbocycles. The van der Waals surface area contributed by atoms with Crippen LogP contribution in [0.2, 0.25) is 10.0 Å². The van der Waals surface area contributed by atoms with Crippen LogP contribution in [0.4, 0.5) is 15.8 Å². The molecule has 0 aliphatic carbocycles. The lowest BCUT2D eigenvalue weighted by molar-refractivity contribution is -0.115. The summed E-state index contributed by atoms with van der Waals surface area (Å²) in [5, 5.41) is 5.66. The number of hydrogen-bond donors (Lipinski definition) is 2. The lowest BCUT2D eigenvalue weighted by Gasteiger charge is -2.07. The van der Waals surface area contributed by atoms with Crippen LogP contribution in [0.25, 0.3) is 10.6 Å². The van der Waals surface area contributed by atoms with Crippen molar-refractivity contribution in [3.05, 3.63) is 63.3 Å². The van der Waals surface area contributed by atoms with E-state index in [0.717, 1.165) is 0 Å². The third kappa shape index (κ3) is 4.28. The summed E-state index contributed by atoms with van der Waals surface area (Å²) in [6, 6.07) is 9.21. The molecule has 3 rings (SSSR count). The number of nitrogens with two attached hydrogens (primary N) is 1. The van der Waals surface area contributed by atoms with Crippen molar-refractivity contribution in [1.29, 1.82) is 0 Å². The quantitative estimate of drug-likeness (QED) is 0.609. The molecule has 1 aromatic heterocycles. The average Bonchev–Trinajstić information content (AvgIpc) is 3.01. The maximum absolute atomic E-state index is 13.3. The zero-order valence-electron chi connectivity index (χ0n) is 12.7. The summed E-state index contributed by atoms with van der Waals surface area (Å²) >= 11 is 13.2. The van der Waals surface area contributed by atoms with E-state index in [1.807, 2.05) is 0 Å². The van der Waals surface area contributed by atoms with Gasteiger partial charge in [0.15, 0.2) is 0 Å². The number of thiazole rings is 1. The third-order valence-corrected chi connectivity index (χ3v) is 4.89. The van der Waals surface area contributed by atoms with Crippen molar-refractivity contribution in [1.82, 2.24) is 4.98 Å². The second-order valence-electron chi connectivity index (χ2n) is 5.23. The van der Waals surface area contributed by atoms with Gasteiger partial charge < -0.3 is 11.1 Å². The lowest BCUT2D eigenvalue weighted by atomic mass is 10.2. The molecule has 3 aromatic rings. The smallest absolute Gasteiger partial charge is 0.230 e. The molecule has 8 heteroatoms. The molecule has 128 valence electrons. The van der Waals surface area contributed by atoms with Crippen LogP contribution in [0.5, 0.6) is 0 Å². The number of benzene rings is 2. The first-order valence-corrected chi connectivity index (χ1v) is 8.80. The van der Waals surface area contributed by atoms with Gasteiger partial charge in [-0.15, -0.1) is 11.3 Å². The fourth-order valence-electron chi connectivity index (χ4n) is 2.17. The molecule has 0 saturated heterocycles. The van der Waals surface area contributed by atoms with Gasteiger partial charge in [0.25, 0.3) is 0 Å². The van der Waals surface area contributed by atoms with E-state index in [1.54, 1.807) is 17.5 Å². The number of amides is 1. The molecule has 25 heavy (non-hydrogen) atoms. The molecular weight excluding hydrogens is 384 g/mol. The number of carbonyl (C=O) groups excluding carboxylic acids is 1. The maximum Gasteiger partial charge on any atom is 0.230 e. The van der Waals surface area contributed by atoms with Gasteiger partial charge in [-0.1, -0.05) is 35.3 Å². The van der Waals surface area contributed by atoms with Crippen LogP contribution in [-0.4, -0.2) is 10.9 Å². The molecule has 3 N–H and O–H groups in total. The monoisotopic (exact) mass is 395 g/mol. The highest BCUT2D eigenvalue weighted by Gasteiger charge is 2.11. The van der Waals surface area contributed by atoms with Crippen molar-refractivity contribution in [2.24, 2.45) is 0 Å². The highest BCUT2D eigenvalue weighted by Crippen LogP contribution is 2.31. The van der Waals surface area contributed by atoms with E-state index in [9.17, 15) is 9.18 Å². The number of aromatic nitrogens is 1. The Hall–Kier alpha value is -2.15. The van der Waals surface area contributed by atoms with Gasteiger partial charge in [0, 0.05) is 16.6 Å². The van der Waals surface area contributed by atoms with Crippen molar-refractivity contribution < 1.29 is 9.18 Å².